The zero-order valence-electron chi connectivity index (χ0n) is 20.3. The summed E-state index contributed by atoms with van der Waals surface area (Å²) in [6.07, 6.45) is 1.92. The summed E-state index contributed by atoms with van der Waals surface area (Å²) in [6.45, 7) is 13.1. The summed E-state index contributed by atoms with van der Waals surface area (Å²) in [5, 5.41) is 11.0. The molecule has 0 aromatic heterocycles. The molecule has 2 aromatic carbocycles. The molecule has 3 rings (SSSR count). The molecule has 0 aliphatic carbocycles. The van der Waals surface area contributed by atoms with E-state index >= 15 is 0 Å². The number of aliphatic hydroxyl groups excluding tert-OH is 1. The van der Waals surface area contributed by atoms with Gasteiger partial charge in [-0.2, -0.15) is 0 Å². The summed E-state index contributed by atoms with van der Waals surface area (Å²) in [5.41, 5.74) is 2.37. The molecule has 178 valence electrons. The van der Waals surface area contributed by atoms with Gasteiger partial charge in [0.05, 0.1) is 20.2 Å². The van der Waals surface area contributed by atoms with Crippen LogP contribution in [0.5, 0.6) is 11.5 Å². The van der Waals surface area contributed by atoms with E-state index in [4.69, 9.17) is 9.47 Å². The predicted molar refractivity (Wildman–Crippen MR) is 127 cm³/mol. The van der Waals surface area contributed by atoms with Crippen molar-refractivity contribution in [1.82, 2.24) is 0 Å². The van der Waals surface area contributed by atoms with Crippen molar-refractivity contribution in [1.29, 1.82) is 0 Å². The molecular weight excluding hydrogens is 422 g/mol. The Morgan fingerprint density at radius 3 is 2.31 bits per heavy atom. The van der Waals surface area contributed by atoms with Crippen molar-refractivity contribution in [3.8, 4) is 11.5 Å². The molecule has 2 aromatic rings. The molecule has 4 nitrogen and oxygen atoms in total. The number of aliphatic hydroxyl groups is 1. The molecule has 1 fully saturated rings. The molecule has 1 saturated heterocycles. The van der Waals surface area contributed by atoms with Gasteiger partial charge in [-0.05, 0) is 42.4 Å². The van der Waals surface area contributed by atoms with E-state index in [1.54, 1.807) is 7.11 Å². The number of ether oxygens (including phenoxy) is 2. The van der Waals surface area contributed by atoms with Crippen LogP contribution in [-0.4, -0.2) is 49.0 Å². The first-order valence-electron chi connectivity index (χ1n) is 11.6. The average Bonchev–Trinajstić information content (AvgIpc) is 2.74. The highest BCUT2D eigenvalue weighted by Gasteiger charge is 2.35. The van der Waals surface area contributed by atoms with E-state index in [0.29, 0.717) is 6.61 Å². The van der Waals surface area contributed by atoms with Crippen LogP contribution in [0.2, 0.25) is 0 Å². The van der Waals surface area contributed by atoms with Crippen molar-refractivity contribution in [2.24, 2.45) is 5.92 Å². The largest absolute Gasteiger partial charge is 1.00 e. The second-order valence-electron chi connectivity index (χ2n) is 10.4. The molecule has 5 heteroatoms. The van der Waals surface area contributed by atoms with Crippen LogP contribution in [-0.2, 0) is 12.0 Å². The number of rotatable bonds is 8. The number of piperidine rings is 1. The van der Waals surface area contributed by atoms with Crippen LogP contribution in [0.3, 0.4) is 0 Å². The van der Waals surface area contributed by atoms with Crippen molar-refractivity contribution in [2.75, 3.05) is 33.4 Å². The van der Waals surface area contributed by atoms with Crippen LogP contribution >= 0.6 is 0 Å². The lowest BCUT2D eigenvalue weighted by Crippen LogP contribution is -3.00. The fourth-order valence-corrected chi connectivity index (χ4v) is 4.65. The number of quaternary nitrogens is 1. The van der Waals surface area contributed by atoms with Crippen molar-refractivity contribution in [3.05, 3.63) is 59.7 Å². The number of hydrogen-bond donors (Lipinski definition) is 1. The summed E-state index contributed by atoms with van der Waals surface area (Å²) in [4.78, 5) is 0. The smallest absolute Gasteiger partial charge is 0.137 e. The van der Waals surface area contributed by atoms with Gasteiger partial charge in [0.2, 0.25) is 0 Å². The summed E-state index contributed by atoms with van der Waals surface area (Å²) >= 11 is 0. The number of hydrogen-bond acceptors (Lipinski definition) is 3. The molecule has 32 heavy (non-hydrogen) atoms. The van der Waals surface area contributed by atoms with Crippen LogP contribution < -0.4 is 21.9 Å². The molecule has 1 heterocycles. The molecule has 0 radical (unpaired) electrons. The Labute approximate surface area is 200 Å². The van der Waals surface area contributed by atoms with Gasteiger partial charge in [0.25, 0.3) is 0 Å². The lowest BCUT2D eigenvalue weighted by Gasteiger charge is -2.44. The van der Waals surface area contributed by atoms with E-state index in [1.165, 1.54) is 18.4 Å². The van der Waals surface area contributed by atoms with E-state index in [9.17, 15) is 5.11 Å². The zero-order chi connectivity index (χ0) is 22.5. The minimum absolute atomic E-state index is 0. The van der Waals surface area contributed by atoms with Gasteiger partial charge in [-0.15, -0.1) is 0 Å². The van der Waals surface area contributed by atoms with E-state index in [0.717, 1.165) is 53.6 Å². The van der Waals surface area contributed by atoms with Gasteiger partial charge in [-0.25, -0.2) is 0 Å². The highest BCUT2D eigenvalue weighted by atomic mass is 35.5. The lowest BCUT2D eigenvalue weighted by molar-refractivity contribution is -0.948. The Bertz CT molecular complexity index is 827. The molecular formula is C27H40ClNO3. The summed E-state index contributed by atoms with van der Waals surface area (Å²) in [7, 11) is 1.68. The Morgan fingerprint density at radius 1 is 1.06 bits per heavy atom. The quantitative estimate of drug-likeness (QED) is 0.612. The van der Waals surface area contributed by atoms with Gasteiger partial charge in [0, 0.05) is 11.1 Å². The SMILES string of the molecule is COc1ccc(OCC(O)C[N+]2(Cc3ccccc3)CCC(C)CC2)c(C(C)(C)C)c1.[Cl-]. The van der Waals surface area contributed by atoms with Gasteiger partial charge >= 0.3 is 0 Å². The van der Waals surface area contributed by atoms with Crippen LogP contribution in [0.1, 0.15) is 51.7 Å². The lowest BCUT2D eigenvalue weighted by atomic mass is 9.86. The van der Waals surface area contributed by atoms with Crippen molar-refractivity contribution in [3.63, 3.8) is 0 Å². The van der Waals surface area contributed by atoms with Crippen LogP contribution in [0, 0.1) is 5.92 Å². The fraction of sp³-hybridized carbons (Fsp3) is 0.556. The normalized spacial score (nSPS) is 22.0. The molecule has 0 amide bonds. The van der Waals surface area contributed by atoms with Gasteiger partial charge in [-0.3, -0.25) is 0 Å². The Balaban J connectivity index is 0.00000363. The van der Waals surface area contributed by atoms with Crippen molar-refractivity contribution >= 4 is 0 Å². The maximum atomic E-state index is 11.0. The average molecular weight is 462 g/mol. The first-order chi connectivity index (χ1) is 14.7. The van der Waals surface area contributed by atoms with Crippen molar-refractivity contribution in [2.45, 2.75) is 58.6 Å². The predicted octanol–water partition coefficient (Wildman–Crippen LogP) is 2.18. The van der Waals surface area contributed by atoms with E-state index in [1.807, 2.05) is 18.2 Å². The number of nitrogens with zero attached hydrogens (tertiary/aromatic N) is 1. The van der Waals surface area contributed by atoms with E-state index in [-0.39, 0.29) is 17.8 Å². The molecule has 1 N–H and O–H groups in total. The first kappa shape index (κ1) is 26.5. The van der Waals surface area contributed by atoms with Crippen molar-refractivity contribution < 1.29 is 31.5 Å². The summed E-state index contributed by atoms with van der Waals surface area (Å²) in [6, 6.07) is 16.6. The number of likely N-dealkylation sites (tertiary alicyclic amines) is 1. The third kappa shape index (κ3) is 7.13. The van der Waals surface area contributed by atoms with Gasteiger partial charge in [0.1, 0.15) is 37.3 Å². The minimum Gasteiger partial charge on any atom is -1.00 e. The Hall–Kier alpha value is -1.75. The molecule has 0 saturated carbocycles. The standard InChI is InChI=1S/C27H40NO3.ClH/c1-21-13-15-28(16-14-21,18-22-9-7-6-8-10-22)19-23(29)20-31-26-12-11-24(30-5)17-25(26)27(2,3)4;/h6-12,17,21,23,29H,13-16,18-20H2,1-5H3;1H/q+1;/p-1. The number of benzene rings is 2. The topological polar surface area (TPSA) is 38.7 Å². The molecule has 0 spiro atoms. The Kier molecular flexibility index (Phi) is 9.44. The van der Waals surface area contributed by atoms with E-state index < -0.39 is 6.10 Å². The molecule has 1 atom stereocenters. The maximum absolute atomic E-state index is 11.0. The molecule has 1 aliphatic heterocycles. The monoisotopic (exact) mass is 461 g/mol. The van der Waals surface area contributed by atoms with Gasteiger partial charge in [-0.1, -0.05) is 58.0 Å². The third-order valence-corrected chi connectivity index (χ3v) is 6.58. The fourth-order valence-electron chi connectivity index (χ4n) is 4.65. The van der Waals surface area contributed by atoms with Crippen LogP contribution in [0.15, 0.2) is 48.5 Å². The third-order valence-electron chi connectivity index (χ3n) is 6.58. The highest BCUT2D eigenvalue weighted by Crippen LogP contribution is 2.34. The number of methoxy groups -OCH3 is 1. The van der Waals surface area contributed by atoms with Crippen LogP contribution in [0.4, 0.5) is 0 Å². The highest BCUT2D eigenvalue weighted by molar-refractivity contribution is 5.44. The zero-order valence-corrected chi connectivity index (χ0v) is 21.1. The number of halogens is 1. The summed E-state index contributed by atoms with van der Waals surface area (Å²) in [5.74, 6) is 2.42. The maximum Gasteiger partial charge on any atom is 0.137 e. The molecule has 0 bridgehead atoms. The van der Waals surface area contributed by atoms with E-state index in [2.05, 4.69) is 58.0 Å². The second kappa shape index (κ2) is 11.4. The van der Waals surface area contributed by atoms with Gasteiger partial charge < -0.3 is 31.5 Å². The minimum atomic E-state index is -0.507. The Morgan fingerprint density at radius 2 is 1.72 bits per heavy atom. The van der Waals surface area contributed by atoms with Gasteiger partial charge in [0.15, 0.2) is 0 Å². The first-order valence-corrected chi connectivity index (χ1v) is 11.6. The second-order valence-corrected chi connectivity index (χ2v) is 10.4. The van der Waals surface area contributed by atoms with Crippen LogP contribution in [0.25, 0.3) is 0 Å². The summed E-state index contributed by atoms with van der Waals surface area (Å²) < 4.78 is 12.5. The molecule has 1 unspecified atom stereocenters. The molecule has 1 aliphatic rings.